The fourth-order valence-corrected chi connectivity index (χ4v) is 1.85. The topological polar surface area (TPSA) is 44.5 Å². The molecule has 0 aromatic heterocycles. The predicted molar refractivity (Wildman–Crippen MR) is 57.2 cm³/mol. The van der Waals surface area contributed by atoms with E-state index in [0.717, 1.165) is 19.4 Å². The van der Waals surface area contributed by atoms with Gasteiger partial charge in [-0.3, -0.25) is 0 Å². The SMILES string of the molecule is CC(CN)COC1CC(C)OC(C)C1. The van der Waals surface area contributed by atoms with Gasteiger partial charge in [0.15, 0.2) is 0 Å². The Morgan fingerprint density at radius 3 is 2.43 bits per heavy atom. The summed E-state index contributed by atoms with van der Waals surface area (Å²) >= 11 is 0. The molecule has 0 bridgehead atoms. The van der Waals surface area contributed by atoms with Crippen LogP contribution in [0.1, 0.15) is 33.6 Å². The molecule has 1 aliphatic rings. The van der Waals surface area contributed by atoms with E-state index in [1.54, 1.807) is 0 Å². The molecule has 0 radical (unpaired) electrons. The summed E-state index contributed by atoms with van der Waals surface area (Å²) in [5, 5.41) is 0. The van der Waals surface area contributed by atoms with E-state index >= 15 is 0 Å². The van der Waals surface area contributed by atoms with Gasteiger partial charge in [-0.15, -0.1) is 0 Å². The summed E-state index contributed by atoms with van der Waals surface area (Å²) in [6.07, 6.45) is 3.06. The predicted octanol–water partition coefficient (Wildman–Crippen LogP) is 1.55. The van der Waals surface area contributed by atoms with Crippen LogP contribution in [0.25, 0.3) is 0 Å². The molecule has 84 valence electrons. The van der Waals surface area contributed by atoms with E-state index in [-0.39, 0.29) is 0 Å². The van der Waals surface area contributed by atoms with Crippen LogP contribution in [0.5, 0.6) is 0 Å². The Labute approximate surface area is 86.9 Å². The molecule has 0 aliphatic carbocycles. The van der Waals surface area contributed by atoms with Gasteiger partial charge < -0.3 is 15.2 Å². The van der Waals surface area contributed by atoms with Gasteiger partial charge in [-0.2, -0.15) is 0 Å². The Hall–Kier alpha value is -0.120. The maximum atomic E-state index is 5.82. The Morgan fingerprint density at radius 2 is 1.93 bits per heavy atom. The molecular weight excluding hydrogens is 178 g/mol. The van der Waals surface area contributed by atoms with Crippen LogP contribution >= 0.6 is 0 Å². The number of ether oxygens (including phenoxy) is 2. The smallest absolute Gasteiger partial charge is 0.0624 e. The van der Waals surface area contributed by atoms with E-state index in [1.165, 1.54) is 0 Å². The number of hydrogen-bond acceptors (Lipinski definition) is 3. The zero-order valence-corrected chi connectivity index (χ0v) is 9.53. The first kappa shape index (κ1) is 12.0. The minimum absolute atomic E-state index is 0.330. The van der Waals surface area contributed by atoms with E-state index < -0.39 is 0 Å². The molecule has 1 rings (SSSR count). The molecule has 0 amide bonds. The molecule has 1 aliphatic heterocycles. The summed E-state index contributed by atoms with van der Waals surface area (Å²) in [7, 11) is 0. The van der Waals surface area contributed by atoms with Crippen molar-refractivity contribution in [1.29, 1.82) is 0 Å². The van der Waals surface area contributed by atoms with E-state index in [1.807, 2.05) is 0 Å². The lowest BCUT2D eigenvalue weighted by Gasteiger charge is -2.32. The standard InChI is InChI=1S/C11H23NO2/c1-8(6-12)7-13-11-4-9(2)14-10(3)5-11/h8-11H,4-7,12H2,1-3H3. The van der Waals surface area contributed by atoms with Gasteiger partial charge in [-0.25, -0.2) is 0 Å². The Balaban J connectivity index is 2.23. The van der Waals surface area contributed by atoms with Crippen molar-refractivity contribution in [3.05, 3.63) is 0 Å². The molecule has 1 fully saturated rings. The highest BCUT2D eigenvalue weighted by molar-refractivity contribution is 4.73. The minimum atomic E-state index is 0.330. The molecule has 0 spiro atoms. The first-order chi connectivity index (χ1) is 6.61. The summed E-state index contributed by atoms with van der Waals surface area (Å²) in [6.45, 7) is 7.82. The average Bonchev–Trinajstić information content (AvgIpc) is 2.12. The summed E-state index contributed by atoms with van der Waals surface area (Å²) in [5.41, 5.74) is 5.54. The second-order valence-corrected chi connectivity index (χ2v) is 4.52. The summed E-state index contributed by atoms with van der Waals surface area (Å²) in [6, 6.07) is 0. The molecule has 1 saturated heterocycles. The second kappa shape index (κ2) is 5.69. The molecule has 3 nitrogen and oxygen atoms in total. The largest absolute Gasteiger partial charge is 0.378 e. The van der Waals surface area contributed by atoms with Crippen molar-refractivity contribution in [2.75, 3.05) is 13.2 Å². The van der Waals surface area contributed by atoms with E-state index in [9.17, 15) is 0 Å². The highest BCUT2D eigenvalue weighted by atomic mass is 16.5. The van der Waals surface area contributed by atoms with E-state index in [0.29, 0.717) is 30.8 Å². The maximum absolute atomic E-state index is 5.82. The zero-order valence-electron chi connectivity index (χ0n) is 9.53. The Bertz CT molecular complexity index is 153. The molecule has 14 heavy (non-hydrogen) atoms. The lowest BCUT2D eigenvalue weighted by molar-refractivity contribution is -0.105. The van der Waals surface area contributed by atoms with Crippen molar-refractivity contribution in [2.24, 2.45) is 11.7 Å². The van der Waals surface area contributed by atoms with Crippen LogP contribution in [-0.4, -0.2) is 31.5 Å². The molecule has 3 atom stereocenters. The quantitative estimate of drug-likeness (QED) is 0.750. The van der Waals surface area contributed by atoms with E-state index in [4.69, 9.17) is 15.2 Å². The number of nitrogens with two attached hydrogens (primary N) is 1. The van der Waals surface area contributed by atoms with Crippen molar-refractivity contribution in [3.63, 3.8) is 0 Å². The average molecular weight is 201 g/mol. The van der Waals surface area contributed by atoms with Gasteiger partial charge in [0.2, 0.25) is 0 Å². The van der Waals surface area contributed by atoms with Gasteiger partial charge in [0.05, 0.1) is 24.9 Å². The van der Waals surface area contributed by atoms with Gasteiger partial charge in [0, 0.05) is 0 Å². The lowest BCUT2D eigenvalue weighted by atomic mass is 10.0. The van der Waals surface area contributed by atoms with Crippen molar-refractivity contribution in [1.82, 2.24) is 0 Å². The van der Waals surface area contributed by atoms with Crippen molar-refractivity contribution >= 4 is 0 Å². The van der Waals surface area contributed by atoms with Crippen LogP contribution in [-0.2, 0) is 9.47 Å². The van der Waals surface area contributed by atoms with Crippen molar-refractivity contribution in [2.45, 2.75) is 51.9 Å². The third kappa shape index (κ3) is 3.95. The van der Waals surface area contributed by atoms with Crippen LogP contribution in [0.15, 0.2) is 0 Å². The van der Waals surface area contributed by atoms with Gasteiger partial charge in [-0.1, -0.05) is 6.92 Å². The zero-order chi connectivity index (χ0) is 10.6. The summed E-state index contributed by atoms with van der Waals surface area (Å²) in [5.74, 6) is 0.462. The van der Waals surface area contributed by atoms with Crippen molar-refractivity contribution < 1.29 is 9.47 Å². The normalized spacial score (nSPS) is 35.6. The first-order valence-corrected chi connectivity index (χ1v) is 5.59. The Kier molecular flexibility index (Phi) is 4.85. The molecule has 3 heteroatoms. The monoisotopic (exact) mass is 201 g/mol. The minimum Gasteiger partial charge on any atom is -0.378 e. The van der Waals surface area contributed by atoms with Crippen LogP contribution in [0.4, 0.5) is 0 Å². The van der Waals surface area contributed by atoms with Gasteiger partial charge in [0.1, 0.15) is 0 Å². The molecule has 1 heterocycles. The van der Waals surface area contributed by atoms with Crippen molar-refractivity contribution in [3.8, 4) is 0 Å². The van der Waals surface area contributed by atoms with Crippen LogP contribution < -0.4 is 5.73 Å². The fourth-order valence-electron chi connectivity index (χ4n) is 1.85. The van der Waals surface area contributed by atoms with Gasteiger partial charge >= 0.3 is 0 Å². The molecule has 2 N–H and O–H groups in total. The Morgan fingerprint density at radius 1 is 1.36 bits per heavy atom. The third-order valence-corrected chi connectivity index (χ3v) is 2.67. The maximum Gasteiger partial charge on any atom is 0.0624 e. The van der Waals surface area contributed by atoms with Crippen LogP contribution in [0, 0.1) is 5.92 Å². The van der Waals surface area contributed by atoms with E-state index in [2.05, 4.69) is 20.8 Å². The fraction of sp³-hybridized carbons (Fsp3) is 1.00. The molecule has 0 aromatic carbocycles. The molecule has 0 aromatic rings. The number of hydrogen-bond donors (Lipinski definition) is 1. The van der Waals surface area contributed by atoms with Gasteiger partial charge in [0.25, 0.3) is 0 Å². The first-order valence-electron chi connectivity index (χ1n) is 5.59. The molecule has 3 unspecified atom stereocenters. The highest BCUT2D eigenvalue weighted by Gasteiger charge is 2.24. The summed E-state index contributed by atoms with van der Waals surface area (Å²) in [4.78, 5) is 0. The summed E-state index contributed by atoms with van der Waals surface area (Å²) < 4.78 is 11.5. The molecular formula is C11H23NO2. The third-order valence-electron chi connectivity index (χ3n) is 2.67. The highest BCUT2D eigenvalue weighted by Crippen LogP contribution is 2.21. The number of rotatable bonds is 4. The lowest BCUT2D eigenvalue weighted by Crippen LogP contribution is -2.35. The second-order valence-electron chi connectivity index (χ2n) is 4.52. The van der Waals surface area contributed by atoms with Crippen LogP contribution in [0.2, 0.25) is 0 Å². The van der Waals surface area contributed by atoms with Gasteiger partial charge in [-0.05, 0) is 39.2 Å². The molecule has 0 saturated carbocycles. The van der Waals surface area contributed by atoms with Crippen LogP contribution in [0.3, 0.4) is 0 Å².